The van der Waals surface area contributed by atoms with Crippen LogP contribution in [0.2, 0.25) is 0 Å². The second kappa shape index (κ2) is 5.05. The van der Waals surface area contributed by atoms with E-state index in [1.54, 1.807) is 0 Å². The monoisotopic (exact) mass is 398 g/mol. The number of hydrogen-bond donors (Lipinski definition) is 1. The number of pyridine rings is 1. The molecule has 0 aliphatic heterocycles. The van der Waals surface area contributed by atoms with E-state index in [-0.39, 0.29) is 3.70 Å². The van der Waals surface area contributed by atoms with Gasteiger partial charge in [-0.25, -0.2) is 18.5 Å². The third-order valence-corrected chi connectivity index (χ3v) is 3.76. The normalized spacial score (nSPS) is 12.3. The van der Waals surface area contributed by atoms with Gasteiger partial charge in [-0.05, 0) is 22.6 Å². The lowest BCUT2D eigenvalue weighted by atomic mass is 10.4. The minimum Gasteiger partial charge on any atom is -0.491 e. The summed E-state index contributed by atoms with van der Waals surface area (Å²) >= 11 is 1.50. The Morgan fingerprint density at radius 1 is 1.44 bits per heavy atom. The van der Waals surface area contributed by atoms with Crippen LogP contribution in [0.1, 0.15) is 0 Å². The fraction of sp³-hybridized carbons (Fsp3) is 0.286. The van der Waals surface area contributed by atoms with Gasteiger partial charge in [0.25, 0.3) is 0 Å². The molecule has 2 N–H and O–H groups in total. The molecule has 0 aliphatic rings. The molecule has 0 saturated heterocycles. The molecule has 0 fully saturated rings. The number of halogens is 4. The average molecular weight is 398 g/mol. The summed E-state index contributed by atoms with van der Waals surface area (Å²) in [6.07, 6.45) is -4.31. The van der Waals surface area contributed by atoms with Crippen molar-refractivity contribution in [1.82, 2.24) is 4.98 Å². The van der Waals surface area contributed by atoms with Crippen LogP contribution in [0, 0.1) is 3.70 Å². The molecule has 0 unspecified atom stereocenters. The molecule has 0 aliphatic carbocycles. The Balaban J connectivity index is 3.49. The molecule has 102 valence electrons. The van der Waals surface area contributed by atoms with Gasteiger partial charge in [-0.1, -0.05) is 0 Å². The maximum absolute atomic E-state index is 12.1. The van der Waals surface area contributed by atoms with E-state index < -0.39 is 32.8 Å². The van der Waals surface area contributed by atoms with Gasteiger partial charge < -0.3 is 9.47 Å². The van der Waals surface area contributed by atoms with Crippen molar-refractivity contribution in [2.75, 3.05) is 7.11 Å². The Bertz CT molecular complexity index is 561. The van der Waals surface area contributed by atoms with E-state index >= 15 is 0 Å². The molecule has 6 nitrogen and oxygen atoms in total. The molecule has 18 heavy (non-hydrogen) atoms. The summed E-state index contributed by atoms with van der Waals surface area (Å²) in [4.78, 5) is 2.80. The lowest BCUT2D eigenvalue weighted by Gasteiger charge is -2.14. The number of methoxy groups -OCH3 is 1. The van der Waals surface area contributed by atoms with E-state index in [9.17, 15) is 21.6 Å². The highest BCUT2D eigenvalue weighted by Crippen LogP contribution is 2.37. The number of hydrogen-bond acceptors (Lipinski definition) is 5. The van der Waals surface area contributed by atoms with Crippen molar-refractivity contribution in [2.45, 2.75) is 11.3 Å². The number of sulfonamides is 1. The van der Waals surface area contributed by atoms with Crippen LogP contribution in [0.4, 0.5) is 13.2 Å². The van der Waals surface area contributed by atoms with Gasteiger partial charge >= 0.3 is 6.36 Å². The predicted molar refractivity (Wildman–Crippen MR) is 61.6 cm³/mol. The molecule has 1 heterocycles. The summed E-state index contributed by atoms with van der Waals surface area (Å²) < 4.78 is 66.9. The topological polar surface area (TPSA) is 91.5 Å². The first kappa shape index (κ1) is 15.2. The Morgan fingerprint density at radius 2 is 2.00 bits per heavy atom. The third kappa shape index (κ3) is 3.58. The number of ether oxygens (including phenoxy) is 2. The lowest BCUT2D eigenvalue weighted by molar-refractivity contribution is -0.275. The minimum atomic E-state index is -5.00. The van der Waals surface area contributed by atoms with Gasteiger partial charge in [0.1, 0.15) is 3.70 Å². The summed E-state index contributed by atoms with van der Waals surface area (Å²) in [6, 6.07) is 0. The molecular formula is C7H6F3IN2O4S. The van der Waals surface area contributed by atoms with Crippen LogP contribution in [0.5, 0.6) is 11.5 Å². The van der Waals surface area contributed by atoms with Gasteiger partial charge in [-0.3, -0.25) is 0 Å². The van der Waals surface area contributed by atoms with Gasteiger partial charge in [0.05, 0.1) is 13.3 Å². The lowest BCUT2D eigenvalue weighted by Crippen LogP contribution is -2.20. The number of nitrogens with zero attached hydrogens (tertiary/aromatic N) is 1. The molecule has 0 saturated carbocycles. The highest BCUT2D eigenvalue weighted by molar-refractivity contribution is 14.1. The summed E-state index contributed by atoms with van der Waals surface area (Å²) in [7, 11) is -3.31. The summed E-state index contributed by atoms with van der Waals surface area (Å²) in [6.45, 7) is 0. The molecule has 1 aromatic heterocycles. The highest BCUT2D eigenvalue weighted by Gasteiger charge is 2.35. The van der Waals surface area contributed by atoms with Crippen molar-refractivity contribution in [3.05, 3.63) is 9.90 Å². The highest BCUT2D eigenvalue weighted by atomic mass is 127. The smallest absolute Gasteiger partial charge is 0.491 e. The van der Waals surface area contributed by atoms with E-state index in [1.165, 1.54) is 22.6 Å². The van der Waals surface area contributed by atoms with Crippen LogP contribution in [0.3, 0.4) is 0 Å². The molecule has 0 radical (unpaired) electrons. The SMILES string of the molecule is COc1c(OC(F)(F)F)cnc(I)c1S(N)(=O)=O. The largest absolute Gasteiger partial charge is 0.573 e. The van der Waals surface area contributed by atoms with Gasteiger partial charge in [-0.2, -0.15) is 0 Å². The molecule has 0 atom stereocenters. The number of rotatable bonds is 3. The standard InChI is InChI=1S/C7H6F3IN2O4S/c1-16-4-3(17-7(8,9)10)2-13-6(11)5(4)18(12,14)15/h2H,1H3,(H2,12,14,15). The number of nitrogens with two attached hydrogens (primary N) is 1. The average Bonchev–Trinajstić information content (AvgIpc) is 2.16. The molecule has 1 aromatic rings. The van der Waals surface area contributed by atoms with Crippen LogP contribution in [-0.2, 0) is 10.0 Å². The van der Waals surface area contributed by atoms with Crippen molar-refractivity contribution in [2.24, 2.45) is 5.14 Å². The molecule has 0 spiro atoms. The van der Waals surface area contributed by atoms with Crippen LogP contribution in [0.25, 0.3) is 0 Å². The Labute approximate surface area is 113 Å². The van der Waals surface area contributed by atoms with Gasteiger partial charge in [0.2, 0.25) is 10.0 Å². The van der Waals surface area contributed by atoms with Gasteiger partial charge in [-0.15, -0.1) is 13.2 Å². The van der Waals surface area contributed by atoms with Crippen molar-refractivity contribution in [3.8, 4) is 11.5 Å². The van der Waals surface area contributed by atoms with Crippen molar-refractivity contribution < 1.29 is 31.1 Å². The van der Waals surface area contributed by atoms with E-state index in [0.29, 0.717) is 6.20 Å². The zero-order valence-corrected chi connectivity index (χ0v) is 11.6. The van der Waals surface area contributed by atoms with E-state index in [1.807, 2.05) is 0 Å². The maximum atomic E-state index is 12.1. The Hall–Kier alpha value is -0.820. The van der Waals surface area contributed by atoms with Gasteiger partial charge in [0.15, 0.2) is 16.4 Å². The van der Waals surface area contributed by atoms with E-state index in [2.05, 4.69) is 14.5 Å². The van der Waals surface area contributed by atoms with Gasteiger partial charge in [0, 0.05) is 0 Å². The first-order valence-corrected chi connectivity index (χ1v) is 6.70. The summed E-state index contributed by atoms with van der Waals surface area (Å²) in [5, 5.41) is 4.88. The summed E-state index contributed by atoms with van der Waals surface area (Å²) in [5.41, 5.74) is 0. The van der Waals surface area contributed by atoms with Crippen LogP contribution >= 0.6 is 22.6 Å². The quantitative estimate of drug-likeness (QED) is 0.611. The molecule has 11 heteroatoms. The first-order chi connectivity index (χ1) is 8.06. The second-order valence-electron chi connectivity index (χ2n) is 2.87. The number of alkyl halides is 3. The van der Waals surface area contributed by atoms with E-state index in [4.69, 9.17) is 5.14 Å². The zero-order valence-electron chi connectivity index (χ0n) is 8.66. The number of primary sulfonamides is 1. The van der Waals surface area contributed by atoms with Crippen LogP contribution < -0.4 is 14.6 Å². The third-order valence-electron chi connectivity index (χ3n) is 1.63. The second-order valence-corrected chi connectivity index (χ2v) is 5.39. The van der Waals surface area contributed by atoms with Crippen LogP contribution in [0.15, 0.2) is 11.1 Å². The van der Waals surface area contributed by atoms with Crippen molar-refractivity contribution in [3.63, 3.8) is 0 Å². The molecule has 0 amide bonds. The molecule has 0 bridgehead atoms. The van der Waals surface area contributed by atoms with E-state index in [0.717, 1.165) is 7.11 Å². The van der Waals surface area contributed by atoms with Crippen LogP contribution in [-0.4, -0.2) is 26.9 Å². The first-order valence-electron chi connectivity index (χ1n) is 4.07. The Morgan fingerprint density at radius 3 is 2.39 bits per heavy atom. The zero-order chi connectivity index (χ0) is 14.1. The predicted octanol–water partition coefficient (Wildman–Crippen LogP) is 1.24. The molecule has 0 aromatic carbocycles. The number of aromatic nitrogens is 1. The maximum Gasteiger partial charge on any atom is 0.573 e. The Kier molecular flexibility index (Phi) is 4.27. The molecule has 1 rings (SSSR count). The summed E-state index contributed by atoms with van der Waals surface area (Å²) in [5.74, 6) is -1.52. The van der Waals surface area contributed by atoms with Crippen molar-refractivity contribution in [1.29, 1.82) is 0 Å². The minimum absolute atomic E-state index is 0.124. The molecular weight excluding hydrogens is 392 g/mol. The fourth-order valence-corrected chi connectivity index (χ4v) is 3.11. The van der Waals surface area contributed by atoms with Crippen molar-refractivity contribution >= 4 is 32.6 Å². The fourth-order valence-electron chi connectivity index (χ4n) is 1.08.